The number of carbonyl (C=O) groups excluding carboxylic acids is 8. The first kappa shape index (κ1) is 115. The predicted octanol–water partition coefficient (Wildman–Crippen LogP) is 11.3. The maximum Gasteiger partial charge on any atom is 1.00 e. The maximum absolute atomic E-state index is 13.8. The van der Waals surface area contributed by atoms with Crippen LogP contribution in [0.25, 0.3) is 0 Å². The minimum Gasteiger partial charge on any atom is -0.870 e. The number of hydrogen-bond donors (Lipinski definition) is 14. The molecule has 7 amide bonds. The number of nitrogen functional groups attached to an aromatic ring is 3. The van der Waals surface area contributed by atoms with E-state index in [1.54, 1.807) is 6.07 Å². The maximum atomic E-state index is 13.8. The standard InChI is InChI=1S/C20H19ClF2N6O3.2C16H15ClF2N6O2.C12H10BrClF2N2O2.C8H10N4O.C6H4BrClN2O2.C6H8F2O.CH4.ClH.K.H2O/c21-11-7-12(26-13-8-14(25-9-24-13)27-16(30)10-1-2-10)18(32)29-15(11)17(31)28-20(29)5-3-19(22,23)4-6-20;2*17-8-5-9(23-11-6-10(20)21-7-22-11)14(27)25-12(8)13(26)24-16(25)3-1-15(18,19)2-4-16;13-6-5-7(14)8-9(19)17-12(18(8)10(6)20)3-1-11(15,16)2-4-12;9-6-3-7(11-4-10-6)12-8(13)5-1-2-5;7-2-1-3(8)4(5(9)11)10-6(2)12;7-6(8)3-1-5(9)2-4-6;;;;/h7-10H,1-6H2,(H,28,31)(H2,24,25,26,27,30);2*5-7H,1-4H2,(H,24,26)(H3,20,21,22,23);5H,1-4H2,(H,17,19);3-5H,1-2H2,(H3,9,10,11,12,13);1H,(H2,9,11)(H,10,12);1-4H2;1H4;1H;;1H2/q;;;;;;;;;+1;/p-1. The molecule has 4 aliphatic heterocycles. The number of ketones is 1. The number of aromatic amines is 1. The number of rotatable bonds is 11. The second-order valence-corrected chi connectivity index (χ2v) is 38.2. The summed E-state index contributed by atoms with van der Waals surface area (Å²) in [5.74, 6) is -14.4. The third kappa shape index (κ3) is 26.3. The van der Waals surface area contributed by atoms with Crippen molar-refractivity contribution in [2.75, 3.05) is 43.8 Å². The van der Waals surface area contributed by atoms with Crippen LogP contribution in [-0.2, 0) is 37.0 Å². The van der Waals surface area contributed by atoms with Gasteiger partial charge in [-0.1, -0.05) is 65.4 Å². The van der Waals surface area contributed by atoms with Gasteiger partial charge in [0, 0.05) is 113 Å². The Bertz CT molecular complexity index is 6660. The van der Waals surface area contributed by atoms with Gasteiger partial charge in [0.15, 0.2) is 0 Å². The first-order chi connectivity index (χ1) is 65.7. The van der Waals surface area contributed by atoms with E-state index in [2.05, 4.69) is 125 Å². The number of pyridine rings is 5. The Balaban J connectivity index is 0.000000177. The number of hydrogen-bond acceptors (Lipinski definition) is 28. The van der Waals surface area contributed by atoms with Crippen LogP contribution in [0, 0.1) is 11.8 Å². The molecule has 768 valence electrons. The molecule has 7 fully saturated rings. The van der Waals surface area contributed by atoms with Gasteiger partial charge in [0.1, 0.15) is 146 Å². The van der Waals surface area contributed by atoms with Gasteiger partial charge in [-0.2, -0.15) is 0 Å². The van der Waals surface area contributed by atoms with Crippen molar-refractivity contribution in [1.82, 2.24) is 84.4 Å². The fourth-order valence-corrected chi connectivity index (χ4v) is 19.2. The number of Topliss-reactive ketones (excluding diaryl/α,β-unsaturated/α-hetero) is 1. The van der Waals surface area contributed by atoms with Gasteiger partial charge >= 0.3 is 51.4 Å². The summed E-state index contributed by atoms with van der Waals surface area (Å²) in [7, 11) is 0. The molecule has 20 rings (SSSR count). The summed E-state index contributed by atoms with van der Waals surface area (Å²) in [6.07, 6.45) is 4.43. The third-order valence-corrected chi connectivity index (χ3v) is 27.0. The van der Waals surface area contributed by atoms with Gasteiger partial charge in [-0.25, -0.2) is 83.8 Å². The Morgan fingerprint density at radius 3 is 0.917 bits per heavy atom. The molecule has 40 nitrogen and oxygen atoms in total. The van der Waals surface area contributed by atoms with Gasteiger partial charge in [0.25, 0.3) is 57.3 Å². The van der Waals surface area contributed by atoms with Crippen LogP contribution in [0.3, 0.4) is 0 Å². The Morgan fingerprint density at radius 2 is 0.625 bits per heavy atom. The van der Waals surface area contributed by atoms with Crippen LogP contribution in [0.2, 0.25) is 25.1 Å². The molecule has 0 aromatic carbocycles. The van der Waals surface area contributed by atoms with Gasteiger partial charge in [0.2, 0.25) is 41.4 Å². The zero-order chi connectivity index (χ0) is 102. The van der Waals surface area contributed by atoms with Crippen molar-refractivity contribution < 1.29 is 139 Å². The van der Waals surface area contributed by atoms with Crippen LogP contribution in [0.15, 0.2) is 113 Å². The number of H-pyrrole nitrogens is 1. The molecule has 0 saturated heterocycles. The van der Waals surface area contributed by atoms with Crippen LogP contribution in [0.5, 0.6) is 0 Å². The minimum atomic E-state index is -2.84. The molecule has 13 heterocycles. The van der Waals surface area contributed by atoms with E-state index >= 15 is 0 Å². The van der Waals surface area contributed by atoms with E-state index in [1.807, 2.05) is 0 Å². The van der Waals surface area contributed by atoms with E-state index in [-0.39, 0.29) is 311 Å². The van der Waals surface area contributed by atoms with E-state index in [1.165, 1.54) is 92.1 Å². The smallest absolute Gasteiger partial charge is 0.870 e. The average molecular weight is 2300 g/mol. The molecule has 9 aromatic rings. The molecule has 0 bridgehead atoms. The number of anilines is 11. The van der Waals surface area contributed by atoms with Crippen molar-refractivity contribution in [2.45, 2.75) is 214 Å². The van der Waals surface area contributed by atoms with Crippen molar-refractivity contribution in [2.24, 2.45) is 17.6 Å². The van der Waals surface area contributed by atoms with Crippen LogP contribution in [-0.4, -0.2) is 145 Å². The van der Waals surface area contributed by atoms with E-state index in [0.717, 1.165) is 25.7 Å². The summed E-state index contributed by atoms with van der Waals surface area (Å²) >= 11 is 36.4. The molecule has 4 spiro atoms. The van der Waals surface area contributed by atoms with E-state index in [9.17, 15) is 106 Å². The van der Waals surface area contributed by atoms with Crippen molar-refractivity contribution in [1.29, 1.82) is 0 Å². The summed E-state index contributed by atoms with van der Waals surface area (Å²) in [6, 6.07) is 12.4. The molecular weight excluding hydrogens is 2210 g/mol. The summed E-state index contributed by atoms with van der Waals surface area (Å²) in [4.78, 5) is 190. The van der Waals surface area contributed by atoms with E-state index in [0.29, 0.717) is 11.6 Å². The number of nitrogens with one attached hydrogen (secondary N) is 10. The normalized spacial score (nSPS) is 18.9. The van der Waals surface area contributed by atoms with Gasteiger partial charge in [0.05, 0.1) is 34.1 Å². The Labute approximate surface area is 897 Å². The summed E-state index contributed by atoms with van der Waals surface area (Å²) in [5.41, 5.74) is 14.2. The van der Waals surface area contributed by atoms with Gasteiger partial charge < -0.3 is 81.2 Å². The fraction of sp³-hybridized carbons (Fsp3) is 0.424. The fourth-order valence-electron chi connectivity index (χ4n) is 16.8. The van der Waals surface area contributed by atoms with Crippen LogP contribution >= 0.6 is 102 Å². The average Bonchev–Trinajstić information content (AvgIpc) is 1.59. The van der Waals surface area contributed by atoms with Gasteiger partial charge in [-0.15, -0.1) is 12.4 Å². The molecule has 0 atom stereocenters. The minimum absolute atomic E-state index is 0. The molecule has 144 heavy (non-hydrogen) atoms. The Hall–Kier alpha value is -10.6. The number of carbonyl (C=O) groups is 8. The monoisotopic (exact) mass is 2290 g/mol. The van der Waals surface area contributed by atoms with Crippen LogP contribution < -0.4 is 150 Å². The SMILES string of the molecule is C.Cl.NC(=O)c1[nH]c(=O)c(Br)cc1Cl.Nc1cc(NC(=O)C2CC2)ncn1.Nc1cc(Nc2cc(Cl)c3n(c2=O)C2(CCC(F)(F)CC2)NC3=O)ncn1.Nc1cc(Nc2cc(Cl)c3n(c2=O)C2(CCC(F)(F)CC2)NC3=O)ncn1.O=C1CCC(F)(F)CC1.O=C1NC2(CCC(F)(F)CC2)n2c1c(Cl)cc(Br)c2=O.O=C1NC2(CCC(F)(F)CC2)n2c1c(Cl)cc(Nc1cc(NC(=O)C3CC3)ncn1)c2=O.[K+].[OH-]. The summed E-state index contributed by atoms with van der Waals surface area (Å²) in [5, 5.41) is 24.9. The Morgan fingerprint density at radius 1 is 0.368 bits per heavy atom. The molecular formula is C85H87Br2Cl6F10KN26O14. The number of alkyl halides is 10. The van der Waals surface area contributed by atoms with Gasteiger partial charge in [-0.05, 0) is 139 Å². The molecule has 0 radical (unpaired) electrons. The second kappa shape index (κ2) is 45.4. The van der Waals surface area contributed by atoms with E-state index in [4.69, 9.17) is 80.9 Å². The quantitative estimate of drug-likeness (QED) is 0.0422. The number of nitrogens with zero attached hydrogens (tertiary/aromatic N) is 12. The second-order valence-electron chi connectivity index (χ2n) is 34.5. The van der Waals surface area contributed by atoms with Crippen molar-refractivity contribution in [3.8, 4) is 0 Å². The molecule has 0 unspecified atom stereocenters. The number of primary amides is 1. The topological polar surface area (TPSA) is 603 Å². The number of halogens is 18. The van der Waals surface area contributed by atoms with E-state index < -0.39 is 148 Å². The molecule has 19 N–H and O–H groups in total. The van der Waals surface area contributed by atoms with Crippen molar-refractivity contribution >= 4 is 213 Å². The number of amides is 7. The largest absolute Gasteiger partial charge is 1.00 e. The Kier molecular flexibility index (Phi) is 36.4. The zero-order valence-corrected chi connectivity index (χ0v) is 85.3. The molecule has 9 aromatic heterocycles. The molecule has 7 saturated carbocycles. The molecule has 11 aliphatic rings. The zero-order valence-electron chi connectivity index (χ0n) is 74.4. The first-order valence-corrected chi connectivity index (χ1v) is 46.3. The van der Waals surface area contributed by atoms with Crippen molar-refractivity contribution in [3.05, 3.63) is 194 Å². The van der Waals surface area contributed by atoms with Gasteiger partial charge in [-0.3, -0.25) is 80.6 Å². The number of fused-ring (bicyclic) bond motifs is 8. The first-order valence-electron chi connectivity index (χ1n) is 42.8. The van der Waals surface area contributed by atoms with Crippen LogP contribution in [0.4, 0.5) is 108 Å². The molecule has 59 heteroatoms. The van der Waals surface area contributed by atoms with Crippen LogP contribution in [0.1, 0.15) is 214 Å². The summed E-state index contributed by atoms with van der Waals surface area (Å²) < 4.78 is 138. The third-order valence-electron chi connectivity index (χ3n) is 24.4. The molecule has 7 aliphatic carbocycles. The van der Waals surface area contributed by atoms with Crippen molar-refractivity contribution in [3.63, 3.8) is 0 Å². The summed E-state index contributed by atoms with van der Waals surface area (Å²) in [6.45, 7) is 0. The predicted molar refractivity (Wildman–Crippen MR) is 513 cm³/mol. The number of aromatic nitrogens is 13. The number of nitrogens with two attached hydrogens (primary N) is 4.